The highest BCUT2D eigenvalue weighted by Gasteiger charge is 2.41. The molecule has 194 valence electrons. The lowest BCUT2D eigenvalue weighted by Crippen LogP contribution is -2.56. The Balaban J connectivity index is 1.18. The number of aryl methyl sites for hydroxylation is 1. The molecule has 0 amide bonds. The molecule has 3 aliphatic rings. The molecule has 0 aliphatic carbocycles. The van der Waals surface area contributed by atoms with Gasteiger partial charge in [0.25, 0.3) is 0 Å². The van der Waals surface area contributed by atoms with E-state index in [1.54, 1.807) is 19.2 Å². The number of aromatic nitrogens is 2. The number of anilines is 1. The van der Waals surface area contributed by atoms with Gasteiger partial charge in [0.15, 0.2) is 5.11 Å². The number of benzene rings is 2. The highest BCUT2D eigenvalue weighted by atomic mass is 32.1. The zero-order chi connectivity index (χ0) is 25.9. The Morgan fingerprint density at radius 1 is 1.16 bits per heavy atom. The van der Waals surface area contributed by atoms with Gasteiger partial charge in [-0.1, -0.05) is 6.07 Å². The van der Waals surface area contributed by atoms with Gasteiger partial charge in [0.2, 0.25) is 0 Å². The maximum Gasteiger partial charge on any atom is 0.337 e. The van der Waals surface area contributed by atoms with Gasteiger partial charge in [0.05, 0.1) is 25.5 Å². The van der Waals surface area contributed by atoms with Gasteiger partial charge in [-0.25, -0.2) is 4.79 Å². The minimum atomic E-state index is -0.368. The Kier molecular flexibility index (Phi) is 7.43. The first-order chi connectivity index (χ1) is 17.9. The van der Waals surface area contributed by atoms with Crippen LogP contribution in [0, 0.1) is 5.92 Å². The number of piperidine rings is 3. The third kappa shape index (κ3) is 5.47. The topological polar surface area (TPSA) is 80.7 Å². The van der Waals surface area contributed by atoms with Gasteiger partial charge in [-0.15, -0.1) is 0 Å². The van der Waals surface area contributed by atoms with Crippen molar-refractivity contribution >= 4 is 29.0 Å². The summed E-state index contributed by atoms with van der Waals surface area (Å²) < 4.78 is 12.1. The predicted molar refractivity (Wildman–Crippen MR) is 148 cm³/mol. The number of carbonyl (C=O) groups is 1. The number of nitrogens with zero attached hydrogens (tertiary/aromatic N) is 3. The smallest absolute Gasteiger partial charge is 0.337 e. The second-order valence-electron chi connectivity index (χ2n) is 9.75. The Bertz CT molecular complexity index is 1280. The SMILES string of the molecule is COC(=O)c1cccc(NC(=S)NCC2CC3CCN2CC3c2cc(-c3ccc(OC)cc3)nn2C)c1. The van der Waals surface area contributed by atoms with E-state index >= 15 is 0 Å². The van der Waals surface area contributed by atoms with E-state index in [0.717, 1.165) is 48.7 Å². The van der Waals surface area contributed by atoms with Crippen molar-refractivity contribution in [2.24, 2.45) is 13.0 Å². The van der Waals surface area contributed by atoms with Gasteiger partial charge in [0, 0.05) is 49.0 Å². The Morgan fingerprint density at radius 2 is 1.97 bits per heavy atom. The highest BCUT2D eigenvalue weighted by Crippen LogP contribution is 2.42. The van der Waals surface area contributed by atoms with Gasteiger partial charge in [-0.05, 0) is 86.1 Å². The number of methoxy groups -OCH3 is 2. The number of rotatable bonds is 7. The second-order valence-corrected chi connectivity index (χ2v) is 10.2. The molecule has 3 saturated heterocycles. The van der Waals surface area contributed by atoms with E-state index in [-0.39, 0.29) is 5.97 Å². The monoisotopic (exact) mass is 519 g/mol. The molecule has 4 unspecified atom stereocenters. The van der Waals surface area contributed by atoms with Gasteiger partial charge in [-0.3, -0.25) is 9.58 Å². The summed E-state index contributed by atoms with van der Waals surface area (Å²) in [5, 5.41) is 12.0. The molecule has 37 heavy (non-hydrogen) atoms. The predicted octanol–water partition coefficient (Wildman–Crippen LogP) is 4.05. The van der Waals surface area contributed by atoms with Crippen LogP contribution >= 0.6 is 12.2 Å². The van der Waals surface area contributed by atoms with Crippen LogP contribution in [0.3, 0.4) is 0 Å². The van der Waals surface area contributed by atoms with Crippen molar-refractivity contribution in [1.29, 1.82) is 0 Å². The zero-order valence-corrected chi connectivity index (χ0v) is 22.3. The first-order valence-electron chi connectivity index (χ1n) is 12.6. The molecule has 3 fully saturated rings. The van der Waals surface area contributed by atoms with E-state index in [1.165, 1.54) is 19.2 Å². The van der Waals surface area contributed by atoms with Gasteiger partial charge >= 0.3 is 5.97 Å². The molecule has 2 N–H and O–H groups in total. The summed E-state index contributed by atoms with van der Waals surface area (Å²) in [7, 11) is 5.11. The zero-order valence-electron chi connectivity index (χ0n) is 21.4. The van der Waals surface area contributed by atoms with E-state index < -0.39 is 0 Å². The lowest BCUT2D eigenvalue weighted by molar-refractivity contribution is 0.0303. The highest BCUT2D eigenvalue weighted by molar-refractivity contribution is 7.80. The van der Waals surface area contributed by atoms with Crippen molar-refractivity contribution in [3.05, 3.63) is 65.9 Å². The summed E-state index contributed by atoms with van der Waals surface area (Å²) >= 11 is 5.53. The molecule has 0 spiro atoms. The Labute approximate surface area is 222 Å². The number of nitrogens with one attached hydrogen (secondary N) is 2. The lowest BCUT2D eigenvalue weighted by Gasteiger charge is -2.50. The standard InChI is InChI=1S/C28H33N5O3S/c1-32-26(15-25(31-32)18-7-9-23(35-2)10-8-18)24-17-33-12-11-19(24)14-22(33)16-29-28(37)30-21-6-4-5-20(13-21)27(34)36-3/h4-10,13,15,19,22,24H,11-12,14,16-17H2,1-3H3,(H2,29,30,37). The number of fused-ring (bicyclic) bond motifs is 3. The van der Waals surface area contributed by atoms with Crippen LogP contribution in [0.15, 0.2) is 54.6 Å². The molecule has 2 aromatic carbocycles. The Hall–Kier alpha value is -3.43. The molecule has 9 heteroatoms. The Morgan fingerprint density at radius 3 is 2.68 bits per heavy atom. The molecule has 3 aliphatic heterocycles. The van der Waals surface area contributed by atoms with Crippen LogP contribution in [0.2, 0.25) is 0 Å². The van der Waals surface area contributed by atoms with Crippen molar-refractivity contribution < 1.29 is 14.3 Å². The summed E-state index contributed by atoms with van der Waals surface area (Å²) in [5.74, 6) is 1.57. The molecule has 0 radical (unpaired) electrons. The lowest BCUT2D eigenvalue weighted by atomic mass is 9.74. The molecule has 3 aromatic rings. The first kappa shape index (κ1) is 25.2. The largest absolute Gasteiger partial charge is 0.497 e. The third-order valence-electron chi connectivity index (χ3n) is 7.60. The van der Waals surface area contributed by atoms with Crippen molar-refractivity contribution in [2.75, 3.05) is 39.2 Å². The average Bonchev–Trinajstić information content (AvgIpc) is 3.33. The van der Waals surface area contributed by atoms with E-state index in [0.29, 0.717) is 28.6 Å². The fourth-order valence-electron chi connectivity index (χ4n) is 5.64. The maximum absolute atomic E-state index is 11.8. The third-order valence-corrected chi connectivity index (χ3v) is 7.85. The minimum absolute atomic E-state index is 0.368. The number of hydrogen-bond donors (Lipinski definition) is 2. The fraction of sp³-hybridized carbons (Fsp3) is 0.393. The van der Waals surface area contributed by atoms with Crippen LogP contribution < -0.4 is 15.4 Å². The second kappa shape index (κ2) is 10.9. The number of thiocarbonyl (C=S) groups is 1. The average molecular weight is 520 g/mol. The number of hydrogen-bond acceptors (Lipinski definition) is 6. The van der Waals surface area contributed by atoms with Crippen molar-refractivity contribution in [3.8, 4) is 17.0 Å². The van der Waals surface area contributed by atoms with Crippen molar-refractivity contribution in [2.45, 2.75) is 24.8 Å². The van der Waals surface area contributed by atoms with Gasteiger partial charge in [0.1, 0.15) is 5.75 Å². The van der Waals surface area contributed by atoms with Crippen molar-refractivity contribution in [3.63, 3.8) is 0 Å². The fourth-order valence-corrected chi connectivity index (χ4v) is 5.85. The summed E-state index contributed by atoms with van der Waals surface area (Å²) in [6.07, 6.45) is 2.33. The molecule has 4 heterocycles. The molecular weight excluding hydrogens is 486 g/mol. The van der Waals surface area contributed by atoms with Gasteiger partial charge < -0.3 is 20.1 Å². The quantitative estimate of drug-likeness (QED) is 0.358. The summed E-state index contributed by atoms with van der Waals surface area (Å²) in [5.41, 5.74) is 4.65. The molecule has 8 nitrogen and oxygen atoms in total. The van der Waals surface area contributed by atoms with Crippen LogP contribution in [-0.2, 0) is 11.8 Å². The summed E-state index contributed by atoms with van der Waals surface area (Å²) in [6.45, 7) is 2.92. The summed E-state index contributed by atoms with van der Waals surface area (Å²) in [4.78, 5) is 14.4. The maximum atomic E-state index is 11.8. The van der Waals surface area contributed by atoms with E-state index in [9.17, 15) is 4.79 Å². The number of ether oxygens (including phenoxy) is 2. The summed E-state index contributed by atoms with van der Waals surface area (Å²) in [6, 6.07) is 17.9. The first-order valence-corrected chi connectivity index (χ1v) is 13.0. The molecule has 4 atom stereocenters. The molecule has 6 rings (SSSR count). The van der Waals surface area contributed by atoms with Crippen LogP contribution in [0.5, 0.6) is 5.75 Å². The van der Waals surface area contributed by atoms with Crippen LogP contribution in [0.25, 0.3) is 11.3 Å². The normalized spacial score (nSPS) is 22.4. The molecule has 1 aromatic heterocycles. The number of esters is 1. The minimum Gasteiger partial charge on any atom is -0.497 e. The van der Waals surface area contributed by atoms with Crippen molar-refractivity contribution in [1.82, 2.24) is 20.0 Å². The van der Waals surface area contributed by atoms with Crippen LogP contribution in [0.1, 0.15) is 34.8 Å². The van der Waals surface area contributed by atoms with E-state index in [4.69, 9.17) is 26.8 Å². The number of carbonyl (C=O) groups excluding carboxylic acids is 1. The van der Waals surface area contributed by atoms with Crippen LogP contribution in [0.4, 0.5) is 5.69 Å². The molecule has 0 saturated carbocycles. The van der Waals surface area contributed by atoms with Crippen LogP contribution in [-0.4, -0.2) is 65.7 Å². The molecule has 2 bridgehead atoms. The van der Waals surface area contributed by atoms with E-state index in [2.05, 4.69) is 45.5 Å². The molecular formula is C28H33N5O3S. The van der Waals surface area contributed by atoms with Gasteiger partial charge in [-0.2, -0.15) is 5.10 Å². The van der Waals surface area contributed by atoms with E-state index in [1.807, 2.05) is 24.3 Å².